The molecule has 0 amide bonds. The Balaban J connectivity index is 2.17. The predicted octanol–water partition coefficient (Wildman–Crippen LogP) is 2.42. The van der Waals surface area contributed by atoms with Crippen LogP contribution < -0.4 is 5.32 Å². The van der Waals surface area contributed by atoms with Gasteiger partial charge in [-0.15, -0.1) is 0 Å². The van der Waals surface area contributed by atoms with Gasteiger partial charge < -0.3 is 5.32 Å². The molecular formula is C14H23N3O2S2. The summed E-state index contributed by atoms with van der Waals surface area (Å²) in [5, 5.41) is 3.06. The summed E-state index contributed by atoms with van der Waals surface area (Å²) in [6, 6.07) is 3.34. The van der Waals surface area contributed by atoms with E-state index in [1.165, 1.54) is 6.20 Å². The lowest BCUT2D eigenvalue weighted by Gasteiger charge is -2.22. The van der Waals surface area contributed by atoms with Crippen LogP contribution in [0.25, 0.3) is 0 Å². The van der Waals surface area contributed by atoms with Crippen LogP contribution in [0.5, 0.6) is 0 Å². The topological polar surface area (TPSA) is 62.3 Å². The number of nitrogens with one attached hydrogen (secondary N) is 1. The van der Waals surface area contributed by atoms with Crippen molar-refractivity contribution in [3.63, 3.8) is 0 Å². The van der Waals surface area contributed by atoms with Crippen molar-refractivity contribution in [2.24, 2.45) is 0 Å². The quantitative estimate of drug-likeness (QED) is 0.919. The zero-order valence-corrected chi connectivity index (χ0v) is 14.4. The fourth-order valence-corrected chi connectivity index (χ4v) is 4.81. The molecule has 0 unspecified atom stereocenters. The van der Waals surface area contributed by atoms with Crippen LogP contribution >= 0.6 is 11.8 Å². The highest BCUT2D eigenvalue weighted by Gasteiger charge is 2.30. The van der Waals surface area contributed by atoms with Gasteiger partial charge in [-0.05, 0) is 25.5 Å². The van der Waals surface area contributed by atoms with E-state index in [0.29, 0.717) is 18.9 Å². The highest BCUT2D eigenvalue weighted by Crippen LogP contribution is 2.32. The van der Waals surface area contributed by atoms with Gasteiger partial charge in [0.1, 0.15) is 10.7 Å². The minimum absolute atomic E-state index is 0.136. The first-order valence-corrected chi connectivity index (χ1v) is 9.62. The summed E-state index contributed by atoms with van der Waals surface area (Å²) < 4.78 is 27.1. The summed E-state index contributed by atoms with van der Waals surface area (Å²) in [5.74, 6) is 1.53. The van der Waals surface area contributed by atoms with Crippen molar-refractivity contribution < 1.29 is 8.42 Å². The Bertz CT molecular complexity index is 570. The van der Waals surface area contributed by atoms with Gasteiger partial charge in [-0.2, -0.15) is 16.1 Å². The molecule has 1 saturated heterocycles. The first-order chi connectivity index (χ1) is 9.85. The molecule has 2 heterocycles. The predicted molar refractivity (Wildman–Crippen MR) is 88.3 cm³/mol. The van der Waals surface area contributed by atoms with Crippen LogP contribution in [-0.4, -0.2) is 47.8 Å². The molecule has 1 aliphatic rings. The number of rotatable bonds is 4. The Morgan fingerprint density at radius 2 is 2.14 bits per heavy atom. The van der Waals surface area contributed by atoms with Crippen molar-refractivity contribution in [1.29, 1.82) is 0 Å². The largest absolute Gasteiger partial charge is 0.370 e. The van der Waals surface area contributed by atoms with E-state index in [-0.39, 0.29) is 9.64 Å². The second kappa shape index (κ2) is 6.54. The van der Waals surface area contributed by atoms with E-state index in [0.717, 1.165) is 18.7 Å². The number of hydrogen-bond acceptors (Lipinski definition) is 5. The van der Waals surface area contributed by atoms with Gasteiger partial charge in [0.15, 0.2) is 0 Å². The third-order valence-corrected chi connectivity index (χ3v) is 6.78. The second-order valence-corrected chi connectivity index (χ2v) is 9.41. The average molecular weight is 329 g/mol. The highest BCUT2D eigenvalue weighted by atomic mass is 32.2. The number of nitrogens with zero attached hydrogens (tertiary/aromatic N) is 2. The van der Waals surface area contributed by atoms with Crippen LogP contribution in [0.4, 0.5) is 5.82 Å². The number of anilines is 1. The van der Waals surface area contributed by atoms with E-state index in [1.807, 2.05) is 18.7 Å². The van der Waals surface area contributed by atoms with Crippen molar-refractivity contribution in [1.82, 2.24) is 9.29 Å². The molecule has 0 atom stereocenters. The van der Waals surface area contributed by atoms with Crippen molar-refractivity contribution in [2.75, 3.05) is 30.7 Å². The molecule has 0 spiro atoms. The maximum absolute atomic E-state index is 12.7. The van der Waals surface area contributed by atoms with Crippen molar-refractivity contribution in [2.45, 2.75) is 36.8 Å². The minimum Gasteiger partial charge on any atom is -0.370 e. The van der Waals surface area contributed by atoms with Crippen LogP contribution in [-0.2, 0) is 10.0 Å². The average Bonchev–Trinajstić information content (AvgIpc) is 2.61. The Morgan fingerprint density at radius 1 is 1.38 bits per heavy atom. The third-order valence-electron chi connectivity index (χ3n) is 3.53. The molecule has 1 fully saturated rings. The van der Waals surface area contributed by atoms with Crippen molar-refractivity contribution >= 4 is 27.6 Å². The molecule has 2 rings (SSSR count). The van der Waals surface area contributed by atoms with Gasteiger partial charge in [-0.1, -0.05) is 13.8 Å². The Kier molecular flexibility index (Phi) is 5.16. The summed E-state index contributed by atoms with van der Waals surface area (Å²) >= 11 is 1.83. The monoisotopic (exact) mass is 329 g/mol. The molecule has 5 nitrogen and oxygen atoms in total. The van der Waals surface area contributed by atoms with Crippen LogP contribution in [0.1, 0.15) is 27.2 Å². The molecule has 21 heavy (non-hydrogen) atoms. The normalized spacial score (nSPS) is 20.0. The zero-order chi connectivity index (χ0) is 15.5. The van der Waals surface area contributed by atoms with Crippen LogP contribution in [0.2, 0.25) is 0 Å². The molecule has 0 aromatic carbocycles. The standard InChI is InChI=1S/C14H23N3O2S2/c1-4-15-13-6-5-12(11-16-13)21(18,19)17-8-7-14(2,3)20-10-9-17/h5-6,11H,4,7-10H2,1-3H3,(H,15,16). The summed E-state index contributed by atoms with van der Waals surface area (Å²) in [4.78, 5) is 4.43. The lowest BCUT2D eigenvalue weighted by Crippen LogP contribution is -2.33. The maximum Gasteiger partial charge on any atom is 0.244 e. The molecule has 1 aromatic rings. The number of aromatic nitrogens is 1. The van der Waals surface area contributed by atoms with E-state index >= 15 is 0 Å². The van der Waals surface area contributed by atoms with E-state index in [9.17, 15) is 8.42 Å². The summed E-state index contributed by atoms with van der Waals surface area (Å²) in [6.45, 7) is 8.20. The molecule has 0 radical (unpaired) electrons. The van der Waals surface area contributed by atoms with Gasteiger partial charge >= 0.3 is 0 Å². The number of pyridine rings is 1. The van der Waals surface area contributed by atoms with Gasteiger partial charge in [0.05, 0.1) is 0 Å². The lowest BCUT2D eigenvalue weighted by molar-refractivity contribution is 0.415. The van der Waals surface area contributed by atoms with Gasteiger partial charge in [-0.3, -0.25) is 0 Å². The molecule has 0 aliphatic carbocycles. The second-order valence-electron chi connectivity index (χ2n) is 5.67. The fourth-order valence-electron chi connectivity index (χ4n) is 2.21. The van der Waals surface area contributed by atoms with E-state index in [4.69, 9.17) is 0 Å². The summed E-state index contributed by atoms with van der Waals surface area (Å²) in [6.07, 6.45) is 2.30. The van der Waals surface area contributed by atoms with Gasteiger partial charge in [0.2, 0.25) is 10.0 Å². The molecule has 1 aromatic heterocycles. The van der Waals surface area contributed by atoms with Gasteiger partial charge in [0, 0.05) is 36.3 Å². The van der Waals surface area contributed by atoms with E-state index in [2.05, 4.69) is 24.1 Å². The maximum atomic E-state index is 12.7. The Labute approximate surface area is 131 Å². The lowest BCUT2D eigenvalue weighted by atomic mass is 10.1. The number of sulfonamides is 1. The van der Waals surface area contributed by atoms with Gasteiger partial charge in [0.25, 0.3) is 0 Å². The molecule has 0 bridgehead atoms. The van der Waals surface area contributed by atoms with E-state index < -0.39 is 10.0 Å². The van der Waals surface area contributed by atoms with Crippen molar-refractivity contribution in [3.8, 4) is 0 Å². The summed E-state index contributed by atoms with van der Waals surface area (Å²) in [7, 11) is -3.44. The fraction of sp³-hybridized carbons (Fsp3) is 0.643. The molecule has 0 saturated carbocycles. The first kappa shape index (κ1) is 16.6. The number of hydrogen-bond donors (Lipinski definition) is 1. The van der Waals surface area contributed by atoms with Crippen LogP contribution in [0.15, 0.2) is 23.2 Å². The van der Waals surface area contributed by atoms with Crippen LogP contribution in [0.3, 0.4) is 0 Å². The number of thioether (sulfide) groups is 1. The van der Waals surface area contributed by atoms with Gasteiger partial charge in [-0.25, -0.2) is 13.4 Å². The van der Waals surface area contributed by atoms with E-state index in [1.54, 1.807) is 16.4 Å². The smallest absolute Gasteiger partial charge is 0.244 e. The van der Waals surface area contributed by atoms with Crippen LogP contribution in [0, 0.1) is 0 Å². The molecule has 118 valence electrons. The molecule has 1 aliphatic heterocycles. The summed E-state index contributed by atoms with van der Waals surface area (Å²) in [5.41, 5.74) is 0. The zero-order valence-electron chi connectivity index (χ0n) is 12.8. The third kappa shape index (κ3) is 4.11. The Morgan fingerprint density at radius 3 is 2.76 bits per heavy atom. The Hall–Kier alpha value is -0.790. The highest BCUT2D eigenvalue weighted by molar-refractivity contribution is 8.00. The molecular weight excluding hydrogens is 306 g/mol. The SMILES string of the molecule is CCNc1ccc(S(=O)(=O)N2CCSC(C)(C)CC2)cn1. The molecule has 7 heteroatoms. The van der Waals surface area contributed by atoms with Crippen molar-refractivity contribution in [3.05, 3.63) is 18.3 Å². The first-order valence-electron chi connectivity index (χ1n) is 7.19. The minimum atomic E-state index is -3.44. The molecule has 1 N–H and O–H groups in total.